The van der Waals surface area contributed by atoms with E-state index in [1.807, 2.05) is 37.3 Å². The van der Waals surface area contributed by atoms with E-state index < -0.39 is 0 Å². The van der Waals surface area contributed by atoms with Gasteiger partial charge in [0.15, 0.2) is 0 Å². The Morgan fingerprint density at radius 3 is 2.65 bits per heavy atom. The molecule has 1 aliphatic rings. The van der Waals surface area contributed by atoms with Crippen molar-refractivity contribution in [2.75, 3.05) is 33.8 Å². The second-order valence-corrected chi connectivity index (χ2v) is 10.0. The standard InChI is InChI=1S/C29H41N3O2/c1-7-8-9-10-13-19-32(27-18-20-31(5)21-29(27,3)4)28(33)30-22(2)23-16-17-26(34-6)25-15-12-11-14-24(23)25/h7-12,14-17,22,27H,13,18-21H2,1-6H3,(H,30,33)/b8-7-,10-9-. The fraction of sp³-hybridized carbons (Fsp3) is 0.483. The maximum absolute atomic E-state index is 13.7. The van der Waals surface area contributed by atoms with Crippen molar-refractivity contribution in [3.05, 3.63) is 66.3 Å². The van der Waals surface area contributed by atoms with E-state index in [0.717, 1.165) is 48.0 Å². The summed E-state index contributed by atoms with van der Waals surface area (Å²) in [6, 6.07) is 12.3. The van der Waals surface area contributed by atoms with Crippen LogP contribution in [0.1, 0.15) is 52.1 Å². The second-order valence-electron chi connectivity index (χ2n) is 10.0. The average Bonchev–Trinajstić information content (AvgIpc) is 2.80. The SMILES string of the molecule is C/C=C\C=C/CCN(C(=O)NC(C)c1ccc(OC)c2ccccc12)C1CCN(C)CC1(C)C. The largest absolute Gasteiger partial charge is 0.496 e. The number of ether oxygens (including phenoxy) is 1. The van der Waals surface area contributed by atoms with Crippen LogP contribution in [0.5, 0.6) is 5.75 Å². The molecule has 0 saturated carbocycles. The number of hydrogen-bond donors (Lipinski definition) is 1. The number of benzene rings is 2. The summed E-state index contributed by atoms with van der Waals surface area (Å²) < 4.78 is 5.55. The molecule has 184 valence electrons. The maximum atomic E-state index is 13.7. The number of amides is 2. The summed E-state index contributed by atoms with van der Waals surface area (Å²) in [6.07, 6.45) is 10.1. The first-order valence-electron chi connectivity index (χ1n) is 12.4. The van der Waals surface area contributed by atoms with Gasteiger partial charge in [-0.05, 0) is 62.7 Å². The van der Waals surface area contributed by atoms with Gasteiger partial charge in [0.1, 0.15) is 5.75 Å². The number of carbonyl (C=O) groups is 1. The number of hydrogen-bond acceptors (Lipinski definition) is 3. The van der Waals surface area contributed by atoms with Gasteiger partial charge in [0.25, 0.3) is 0 Å². The number of carbonyl (C=O) groups excluding carboxylic acids is 1. The topological polar surface area (TPSA) is 44.8 Å². The van der Waals surface area contributed by atoms with E-state index in [1.165, 1.54) is 0 Å². The predicted molar refractivity (Wildman–Crippen MR) is 142 cm³/mol. The van der Waals surface area contributed by atoms with Crippen LogP contribution in [0, 0.1) is 5.41 Å². The van der Waals surface area contributed by atoms with E-state index in [9.17, 15) is 4.79 Å². The van der Waals surface area contributed by atoms with Gasteiger partial charge in [-0.15, -0.1) is 0 Å². The lowest BCUT2D eigenvalue weighted by Crippen LogP contribution is -2.58. The lowest BCUT2D eigenvalue weighted by molar-refractivity contribution is 0.0341. The zero-order valence-electron chi connectivity index (χ0n) is 21.7. The van der Waals surface area contributed by atoms with E-state index in [0.29, 0.717) is 6.54 Å². The van der Waals surface area contributed by atoms with Crippen molar-refractivity contribution in [3.8, 4) is 5.75 Å². The number of nitrogens with one attached hydrogen (secondary N) is 1. The average molecular weight is 464 g/mol. The molecule has 1 fully saturated rings. The van der Waals surface area contributed by atoms with Crippen LogP contribution >= 0.6 is 0 Å². The van der Waals surface area contributed by atoms with Crippen LogP contribution in [0.15, 0.2) is 60.7 Å². The van der Waals surface area contributed by atoms with Crippen LogP contribution in [0.2, 0.25) is 0 Å². The van der Waals surface area contributed by atoms with E-state index in [1.54, 1.807) is 7.11 Å². The summed E-state index contributed by atoms with van der Waals surface area (Å²) in [5, 5.41) is 5.49. The quantitative estimate of drug-likeness (QED) is 0.476. The molecule has 1 saturated heterocycles. The minimum Gasteiger partial charge on any atom is -0.496 e. The first kappa shape index (κ1) is 25.8. The second kappa shape index (κ2) is 11.6. The number of urea groups is 1. The van der Waals surface area contributed by atoms with E-state index in [-0.39, 0.29) is 23.5 Å². The van der Waals surface area contributed by atoms with Crippen molar-refractivity contribution in [1.29, 1.82) is 0 Å². The lowest BCUT2D eigenvalue weighted by Gasteiger charge is -2.48. The molecular formula is C29H41N3O2. The Balaban J connectivity index is 1.84. The lowest BCUT2D eigenvalue weighted by atomic mass is 9.78. The molecule has 0 bridgehead atoms. The van der Waals surface area contributed by atoms with Crippen LogP contribution in [0.4, 0.5) is 4.79 Å². The Morgan fingerprint density at radius 2 is 1.97 bits per heavy atom. The van der Waals surface area contributed by atoms with Crippen LogP contribution in [0.25, 0.3) is 10.8 Å². The summed E-state index contributed by atoms with van der Waals surface area (Å²) in [7, 11) is 3.86. The maximum Gasteiger partial charge on any atom is 0.318 e. The van der Waals surface area contributed by atoms with Crippen LogP contribution in [-0.4, -0.2) is 55.7 Å². The fourth-order valence-electron chi connectivity index (χ4n) is 5.29. The summed E-state index contributed by atoms with van der Waals surface area (Å²) in [5.41, 5.74) is 1.12. The summed E-state index contributed by atoms with van der Waals surface area (Å²) in [4.78, 5) is 18.2. The third-order valence-corrected chi connectivity index (χ3v) is 6.92. The molecule has 3 rings (SSSR count). The summed E-state index contributed by atoms with van der Waals surface area (Å²) in [5.74, 6) is 0.848. The highest BCUT2D eigenvalue weighted by atomic mass is 16.5. The first-order valence-corrected chi connectivity index (χ1v) is 12.4. The molecule has 1 aliphatic heterocycles. The molecule has 0 spiro atoms. The highest BCUT2D eigenvalue weighted by Crippen LogP contribution is 2.34. The van der Waals surface area contributed by atoms with Gasteiger partial charge in [0, 0.05) is 24.5 Å². The van der Waals surface area contributed by atoms with E-state index >= 15 is 0 Å². The Kier molecular flexibility index (Phi) is 8.78. The predicted octanol–water partition coefficient (Wildman–Crippen LogP) is 6.17. The molecule has 2 atom stereocenters. The molecule has 5 heteroatoms. The number of allylic oxidation sites excluding steroid dienone is 3. The van der Waals surface area contributed by atoms with Crippen LogP contribution in [0.3, 0.4) is 0 Å². The fourth-order valence-corrected chi connectivity index (χ4v) is 5.29. The molecular weight excluding hydrogens is 422 g/mol. The number of fused-ring (bicyclic) bond motifs is 1. The van der Waals surface area contributed by atoms with Crippen molar-refractivity contribution >= 4 is 16.8 Å². The van der Waals surface area contributed by atoms with Gasteiger partial charge >= 0.3 is 6.03 Å². The number of likely N-dealkylation sites (tertiary alicyclic amines) is 1. The highest BCUT2D eigenvalue weighted by Gasteiger charge is 2.40. The molecule has 0 radical (unpaired) electrons. The van der Waals surface area contributed by atoms with Gasteiger partial charge < -0.3 is 19.9 Å². The Bertz CT molecular complexity index is 1030. The summed E-state index contributed by atoms with van der Waals surface area (Å²) >= 11 is 0. The third kappa shape index (κ3) is 6.01. The number of piperidine rings is 1. The van der Waals surface area contributed by atoms with Crippen LogP contribution in [-0.2, 0) is 0 Å². The van der Waals surface area contributed by atoms with Crippen LogP contribution < -0.4 is 10.1 Å². The van der Waals surface area contributed by atoms with Gasteiger partial charge in [0.2, 0.25) is 0 Å². The van der Waals surface area contributed by atoms with Gasteiger partial charge in [-0.3, -0.25) is 0 Å². The molecule has 2 unspecified atom stereocenters. The highest BCUT2D eigenvalue weighted by molar-refractivity contribution is 5.91. The van der Waals surface area contributed by atoms with Crippen molar-refractivity contribution < 1.29 is 9.53 Å². The molecule has 1 N–H and O–H groups in total. The Labute approximate surface area is 205 Å². The molecule has 5 nitrogen and oxygen atoms in total. The third-order valence-electron chi connectivity index (χ3n) is 6.92. The van der Waals surface area contributed by atoms with Gasteiger partial charge in [-0.1, -0.05) is 68.5 Å². The molecule has 2 aromatic rings. The molecule has 2 amide bonds. The van der Waals surface area contributed by atoms with Gasteiger partial charge in [-0.2, -0.15) is 0 Å². The van der Waals surface area contributed by atoms with E-state index in [4.69, 9.17) is 4.74 Å². The number of nitrogens with zero attached hydrogens (tertiary/aromatic N) is 2. The smallest absolute Gasteiger partial charge is 0.318 e. The summed E-state index contributed by atoms with van der Waals surface area (Å²) in [6.45, 7) is 11.3. The molecule has 1 heterocycles. The van der Waals surface area contributed by atoms with E-state index in [2.05, 4.69) is 73.3 Å². The van der Waals surface area contributed by atoms with Crippen molar-refractivity contribution in [1.82, 2.24) is 15.1 Å². The molecule has 34 heavy (non-hydrogen) atoms. The zero-order valence-corrected chi connectivity index (χ0v) is 21.7. The minimum atomic E-state index is -0.126. The Morgan fingerprint density at radius 1 is 1.24 bits per heavy atom. The number of rotatable bonds is 8. The minimum absolute atomic E-state index is 0.00876. The van der Waals surface area contributed by atoms with Gasteiger partial charge in [-0.25, -0.2) is 4.79 Å². The Hall–Kier alpha value is -2.79. The monoisotopic (exact) mass is 463 g/mol. The van der Waals surface area contributed by atoms with Crippen molar-refractivity contribution in [3.63, 3.8) is 0 Å². The van der Waals surface area contributed by atoms with Gasteiger partial charge in [0.05, 0.1) is 13.2 Å². The first-order chi connectivity index (χ1) is 16.3. The van der Waals surface area contributed by atoms with Crippen molar-refractivity contribution in [2.45, 2.75) is 52.6 Å². The molecule has 0 aromatic heterocycles. The number of methoxy groups -OCH3 is 1. The normalized spacial score (nSPS) is 19.5. The molecule has 0 aliphatic carbocycles. The van der Waals surface area contributed by atoms with Crippen molar-refractivity contribution in [2.24, 2.45) is 5.41 Å². The zero-order chi connectivity index (χ0) is 24.7. The molecule has 2 aromatic carbocycles.